The van der Waals surface area contributed by atoms with Crippen molar-refractivity contribution in [2.24, 2.45) is 11.1 Å². The first-order chi connectivity index (χ1) is 8.76. The Morgan fingerprint density at radius 2 is 2.21 bits per heavy atom. The van der Waals surface area contributed by atoms with E-state index in [0.717, 1.165) is 26.1 Å². The smallest absolute Gasteiger partial charge is 0.221 e. The lowest BCUT2D eigenvalue weighted by molar-refractivity contribution is -0.122. The number of carbonyl (C=O) groups is 1. The monoisotopic (exact) mass is 271 g/mol. The van der Waals surface area contributed by atoms with Crippen LogP contribution in [0, 0.1) is 5.41 Å². The fourth-order valence-corrected chi connectivity index (χ4v) is 2.39. The number of carbonyl (C=O) groups excluding carboxylic acids is 1. The van der Waals surface area contributed by atoms with E-state index < -0.39 is 0 Å². The first-order valence-electron chi connectivity index (χ1n) is 7.09. The van der Waals surface area contributed by atoms with Crippen molar-refractivity contribution in [1.29, 1.82) is 0 Å². The summed E-state index contributed by atoms with van der Waals surface area (Å²) >= 11 is 0. The van der Waals surface area contributed by atoms with Crippen LogP contribution in [0.1, 0.15) is 33.6 Å². The van der Waals surface area contributed by atoms with Gasteiger partial charge in [-0.15, -0.1) is 0 Å². The molecule has 112 valence electrons. The Hall–Kier alpha value is -0.650. The number of ether oxygens (including phenoxy) is 1. The molecule has 0 radical (unpaired) electrons. The van der Waals surface area contributed by atoms with Crippen molar-refractivity contribution in [2.45, 2.75) is 45.8 Å². The first kappa shape index (κ1) is 16.4. The highest BCUT2D eigenvalue weighted by Crippen LogP contribution is 2.20. The lowest BCUT2D eigenvalue weighted by Crippen LogP contribution is -2.46. The Morgan fingerprint density at radius 1 is 1.53 bits per heavy atom. The summed E-state index contributed by atoms with van der Waals surface area (Å²) in [5.41, 5.74) is 6.15. The molecule has 1 heterocycles. The molecule has 1 fully saturated rings. The number of amides is 1. The highest BCUT2D eigenvalue weighted by molar-refractivity contribution is 5.76. The van der Waals surface area contributed by atoms with Gasteiger partial charge in [0.05, 0.1) is 12.7 Å². The van der Waals surface area contributed by atoms with Crippen LogP contribution in [-0.2, 0) is 9.53 Å². The van der Waals surface area contributed by atoms with Gasteiger partial charge in [-0.1, -0.05) is 20.8 Å². The van der Waals surface area contributed by atoms with Crippen LogP contribution < -0.4 is 11.1 Å². The molecule has 0 aliphatic carbocycles. The molecular weight excluding hydrogens is 242 g/mol. The van der Waals surface area contributed by atoms with E-state index in [4.69, 9.17) is 10.5 Å². The summed E-state index contributed by atoms with van der Waals surface area (Å²) in [5.74, 6) is 0.0218. The van der Waals surface area contributed by atoms with E-state index in [2.05, 4.69) is 38.0 Å². The molecular formula is C14H29N3O2. The number of likely N-dealkylation sites (N-methyl/N-ethyl adjacent to an activating group) is 1. The van der Waals surface area contributed by atoms with E-state index in [-0.39, 0.29) is 23.5 Å². The van der Waals surface area contributed by atoms with Gasteiger partial charge in [0.15, 0.2) is 0 Å². The van der Waals surface area contributed by atoms with Crippen LogP contribution in [0.15, 0.2) is 0 Å². The zero-order valence-corrected chi connectivity index (χ0v) is 12.7. The third-order valence-electron chi connectivity index (χ3n) is 3.19. The number of hydrogen-bond acceptors (Lipinski definition) is 4. The summed E-state index contributed by atoms with van der Waals surface area (Å²) in [7, 11) is 2.07. The Bertz CT molecular complexity index is 289. The van der Waals surface area contributed by atoms with Crippen molar-refractivity contribution in [2.75, 3.05) is 33.3 Å². The molecule has 19 heavy (non-hydrogen) atoms. The van der Waals surface area contributed by atoms with Crippen molar-refractivity contribution in [3.05, 3.63) is 0 Å². The quantitative estimate of drug-likeness (QED) is 0.768. The number of nitrogens with one attached hydrogen (secondary N) is 1. The fourth-order valence-electron chi connectivity index (χ4n) is 2.39. The van der Waals surface area contributed by atoms with Gasteiger partial charge >= 0.3 is 0 Å². The Kier molecular flexibility index (Phi) is 6.23. The molecule has 0 saturated carbocycles. The summed E-state index contributed by atoms with van der Waals surface area (Å²) in [6.07, 6.45) is 1.34. The lowest BCUT2D eigenvalue weighted by Gasteiger charge is -2.30. The van der Waals surface area contributed by atoms with Crippen LogP contribution in [-0.4, -0.2) is 56.2 Å². The van der Waals surface area contributed by atoms with Crippen LogP contribution in [0.3, 0.4) is 0 Å². The largest absolute Gasteiger partial charge is 0.374 e. The second-order valence-corrected chi connectivity index (χ2v) is 6.79. The van der Waals surface area contributed by atoms with Crippen molar-refractivity contribution < 1.29 is 9.53 Å². The van der Waals surface area contributed by atoms with E-state index in [1.807, 2.05) is 0 Å². The summed E-state index contributed by atoms with van der Waals surface area (Å²) in [6, 6.07) is -0.0741. The minimum Gasteiger partial charge on any atom is -0.374 e. The van der Waals surface area contributed by atoms with Crippen molar-refractivity contribution in [3.63, 3.8) is 0 Å². The van der Waals surface area contributed by atoms with E-state index in [9.17, 15) is 4.79 Å². The fraction of sp³-hybridized carbons (Fsp3) is 0.929. The van der Waals surface area contributed by atoms with Crippen LogP contribution >= 0.6 is 0 Å². The summed E-state index contributed by atoms with van der Waals surface area (Å²) < 4.78 is 5.60. The van der Waals surface area contributed by atoms with Crippen LogP contribution in [0.2, 0.25) is 0 Å². The number of rotatable bonds is 5. The van der Waals surface area contributed by atoms with Gasteiger partial charge in [-0.2, -0.15) is 0 Å². The highest BCUT2D eigenvalue weighted by Gasteiger charge is 2.20. The second kappa shape index (κ2) is 7.22. The van der Waals surface area contributed by atoms with Crippen molar-refractivity contribution in [1.82, 2.24) is 10.2 Å². The molecule has 1 saturated heterocycles. The number of nitrogens with two attached hydrogens (primary N) is 1. The van der Waals surface area contributed by atoms with Gasteiger partial charge in [-0.3, -0.25) is 4.79 Å². The van der Waals surface area contributed by atoms with Gasteiger partial charge in [-0.25, -0.2) is 0 Å². The molecule has 2 unspecified atom stereocenters. The SMILES string of the molecule is CN1CCOC(CNC(=O)CC(N)CC(C)(C)C)C1. The maximum Gasteiger partial charge on any atom is 0.221 e. The molecule has 1 rings (SSSR count). The third-order valence-corrected chi connectivity index (χ3v) is 3.19. The lowest BCUT2D eigenvalue weighted by atomic mass is 9.87. The predicted octanol–water partition coefficient (Wildman–Crippen LogP) is 0.587. The molecule has 0 aromatic rings. The van der Waals surface area contributed by atoms with E-state index in [1.54, 1.807) is 0 Å². The minimum absolute atomic E-state index is 0.0218. The molecule has 0 aromatic carbocycles. The Balaban J connectivity index is 2.20. The molecule has 5 nitrogen and oxygen atoms in total. The summed E-state index contributed by atoms with van der Waals surface area (Å²) in [6.45, 7) is 9.55. The van der Waals surface area contributed by atoms with Crippen molar-refractivity contribution >= 4 is 5.91 Å². The molecule has 1 aliphatic rings. The molecule has 3 N–H and O–H groups in total. The van der Waals surface area contributed by atoms with E-state index in [0.29, 0.717) is 13.0 Å². The Morgan fingerprint density at radius 3 is 2.79 bits per heavy atom. The summed E-state index contributed by atoms with van der Waals surface area (Å²) in [5, 5.41) is 2.92. The van der Waals surface area contributed by atoms with Gasteiger partial charge in [0.1, 0.15) is 0 Å². The summed E-state index contributed by atoms with van der Waals surface area (Å²) in [4.78, 5) is 14.0. The third kappa shape index (κ3) is 7.50. The van der Waals surface area contributed by atoms with Gasteiger partial charge < -0.3 is 20.7 Å². The van der Waals surface area contributed by atoms with E-state index in [1.165, 1.54) is 0 Å². The molecule has 1 amide bonds. The number of hydrogen-bond donors (Lipinski definition) is 2. The first-order valence-corrected chi connectivity index (χ1v) is 7.09. The predicted molar refractivity (Wildman–Crippen MR) is 76.9 cm³/mol. The second-order valence-electron chi connectivity index (χ2n) is 6.79. The average Bonchev–Trinajstić information content (AvgIpc) is 2.23. The molecule has 5 heteroatoms. The van der Waals surface area contributed by atoms with Gasteiger partial charge in [0, 0.05) is 32.1 Å². The minimum atomic E-state index is -0.0741. The van der Waals surface area contributed by atoms with Gasteiger partial charge in [0.2, 0.25) is 5.91 Å². The molecule has 0 spiro atoms. The molecule has 1 aliphatic heterocycles. The zero-order chi connectivity index (χ0) is 14.5. The number of nitrogens with zero attached hydrogens (tertiary/aromatic N) is 1. The van der Waals surface area contributed by atoms with Crippen LogP contribution in [0.4, 0.5) is 0 Å². The zero-order valence-electron chi connectivity index (χ0n) is 12.7. The van der Waals surface area contributed by atoms with Gasteiger partial charge in [0.25, 0.3) is 0 Å². The number of morpholine rings is 1. The average molecular weight is 271 g/mol. The Labute approximate surface area is 116 Å². The van der Waals surface area contributed by atoms with Gasteiger partial charge in [-0.05, 0) is 18.9 Å². The maximum atomic E-state index is 11.8. The molecule has 0 bridgehead atoms. The van der Waals surface area contributed by atoms with E-state index >= 15 is 0 Å². The van der Waals surface area contributed by atoms with Crippen LogP contribution in [0.25, 0.3) is 0 Å². The van der Waals surface area contributed by atoms with Crippen molar-refractivity contribution in [3.8, 4) is 0 Å². The standard InChI is InChI=1S/C14H29N3O2/c1-14(2,3)8-11(15)7-13(18)16-9-12-10-17(4)5-6-19-12/h11-12H,5-10,15H2,1-4H3,(H,16,18). The normalized spacial score (nSPS) is 23.1. The molecule has 0 aromatic heterocycles. The topological polar surface area (TPSA) is 67.6 Å². The van der Waals surface area contributed by atoms with Crippen LogP contribution in [0.5, 0.6) is 0 Å². The maximum absolute atomic E-state index is 11.8. The highest BCUT2D eigenvalue weighted by atomic mass is 16.5. The molecule has 2 atom stereocenters.